The van der Waals surface area contributed by atoms with Gasteiger partial charge in [-0.1, -0.05) is 0 Å². The molecule has 29 heavy (non-hydrogen) atoms. The van der Waals surface area contributed by atoms with Gasteiger partial charge in [0.25, 0.3) is 5.91 Å². The van der Waals surface area contributed by atoms with E-state index in [4.69, 9.17) is 5.73 Å². The van der Waals surface area contributed by atoms with Crippen LogP contribution in [0.5, 0.6) is 0 Å². The Balaban J connectivity index is 1.52. The number of anilines is 4. The number of nitrogens with two attached hydrogens (primary N) is 1. The Labute approximate surface area is 170 Å². The lowest BCUT2D eigenvalue weighted by atomic mass is 10.1. The van der Waals surface area contributed by atoms with E-state index in [1.165, 1.54) is 6.42 Å². The molecule has 2 aliphatic rings. The molecule has 8 nitrogen and oxygen atoms in total. The van der Waals surface area contributed by atoms with E-state index in [0.29, 0.717) is 24.4 Å². The van der Waals surface area contributed by atoms with Gasteiger partial charge < -0.3 is 20.9 Å². The van der Waals surface area contributed by atoms with E-state index in [1.807, 2.05) is 24.3 Å². The Bertz CT molecular complexity index is 883. The fourth-order valence-electron chi connectivity index (χ4n) is 3.83. The van der Waals surface area contributed by atoms with Crippen molar-refractivity contribution < 1.29 is 9.59 Å². The molecule has 0 aliphatic carbocycles. The van der Waals surface area contributed by atoms with E-state index in [9.17, 15) is 9.59 Å². The van der Waals surface area contributed by atoms with Crippen LogP contribution in [0.25, 0.3) is 0 Å². The van der Waals surface area contributed by atoms with Crippen molar-refractivity contribution in [3.63, 3.8) is 0 Å². The van der Waals surface area contributed by atoms with E-state index >= 15 is 0 Å². The largest absolute Gasteiger partial charge is 0.371 e. The van der Waals surface area contributed by atoms with Crippen molar-refractivity contribution in [3.05, 3.63) is 36.2 Å². The van der Waals surface area contributed by atoms with E-state index in [-0.39, 0.29) is 5.69 Å². The summed E-state index contributed by atoms with van der Waals surface area (Å²) in [5.74, 6) is 0.842. The summed E-state index contributed by atoms with van der Waals surface area (Å²) >= 11 is 0. The molecule has 1 aromatic carbocycles. The maximum atomic E-state index is 11.8. The third-order valence-electron chi connectivity index (χ3n) is 5.49. The number of hydrogen-bond acceptors (Lipinski definition) is 7. The normalized spacial score (nSPS) is 17.3. The monoisotopic (exact) mass is 394 g/mol. The van der Waals surface area contributed by atoms with Crippen LogP contribution in [0.1, 0.15) is 42.6 Å². The van der Waals surface area contributed by atoms with Gasteiger partial charge in [0.2, 0.25) is 0 Å². The second-order valence-corrected chi connectivity index (χ2v) is 7.53. The average Bonchev–Trinajstić information content (AvgIpc) is 2.75. The van der Waals surface area contributed by atoms with E-state index in [1.54, 1.807) is 6.20 Å². The number of carbonyl (C=O) groups is 2. The quantitative estimate of drug-likeness (QED) is 0.803. The minimum Gasteiger partial charge on any atom is -0.371 e. The van der Waals surface area contributed by atoms with Crippen LogP contribution in [0.3, 0.4) is 0 Å². The SMILES string of the molecule is NC(=O)c1ncc(N2CCCCC2)nc1Nc1ccc(N2CCC(=O)CC2)cc1. The highest BCUT2D eigenvalue weighted by atomic mass is 16.1. The zero-order valence-electron chi connectivity index (χ0n) is 16.4. The number of primary amides is 1. The maximum absolute atomic E-state index is 11.8. The van der Waals surface area contributed by atoms with Crippen LogP contribution in [0.4, 0.5) is 23.0 Å². The minimum atomic E-state index is -0.611. The van der Waals surface area contributed by atoms with Gasteiger partial charge in [-0.05, 0) is 43.5 Å². The molecule has 1 aromatic heterocycles. The molecular weight excluding hydrogens is 368 g/mol. The lowest BCUT2D eigenvalue weighted by Crippen LogP contribution is -2.33. The Hall–Kier alpha value is -3.16. The molecule has 0 saturated carbocycles. The number of carbonyl (C=O) groups excluding carboxylic acids is 2. The van der Waals surface area contributed by atoms with Crippen LogP contribution in [0.2, 0.25) is 0 Å². The number of hydrogen-bond donors (Lipinski definition) is 2. The second-order valence-electron chi connectivity index (χ2n) is 7.53. The van der Waals surface area contributed by atoms with Crippen LogP contribution in [0, 0.1) is 0 Å². The predicted molar refractivity (Wildman–Crippen MR) is 113 cm³/mol. The maximum Gasteiger partial charge on any atom is 0.271 e. The molecule has 2 saturated heterocycles. The molecule has 2 fully saturated rings. The minimum absolute atomic E-state index is 0.129. The van der Waals surface area contributed by atoms with Gasteiger partial charge in [-0.15, -0.1) is 0 Å². The summed E-state index contributed by atoms with van der Waals surface area (Å²) in [6.45, 7) is 3.38. The van der Waals surface area contributed by atoms with Crippen molar-refractivity contribution in [2.45, 2.75) is 32.1 Å². The van der Waals surface area contributed by atoms with Crippen molar-refractivity contribution >= 4 is 34.7 Å². The van der Waals surface area contributed by atoms with Crippen molar-refractivity contribution in [2.24, 2.45) is 5.73 Å². The van der Waals surface area contributed by atoms with Crippen LogP contribution < -0.4 is 20.9 Å². The predicted octanol–water partition coefficient (Wildman–Crippen LogP) is 2.48. The number of aromatic nitrogens is 2. The summed E-state index contributed by atoms with van der Waals surface area (Å²) in [5, 5.41) is 3.20. The van der Waals surface area contributed by atoms with Gasteiger partial charge in [0.15, 0.2) is 11.5 Å². The number of nitrogens with one attached hydrogen (secondary N) is 1. The number of rotatable bonds is 5. The summed E-state index contributed by atoms with van der Waals surface area (Å²) in [6, 6.07) is 7.88. The Kier molecular flexibility index (Phi) is 5.59. The van der Waals surface area contributed by atoms with Gasteiger partial charge in [0, 0.05) is 50.4 Å². The number of benzene rings is 1. The van der Waals surface area contributed by atoms with Gasteiger partial charge in [-0.3, -0.25) is 9.59 Å². The van der Waals surface area contributed by atoms with Crippen molar-refractivity contribution in [2.75, 3.05) is 41.3 Å². The molecule has 0 bridgehead atoms. The molecule has 1 amide bonds. The molecule has 8 heteroatoms. The summed E-state index contributed by atoms with van der Waals surface area (Å²) in [4.78, 5) is 36.6. The molecule has 4 rings (SSSR count). The topological polar surface area (TPSA) is 104 Å². The first-order valence-corrected chi connectivity index (χ1v) is 10.2. The fraction of sp³-hybridized carbons (Fsp3) is 0.429. The van der Waals surface area contributed by atoms with E-state index < -0.39 is 5.91 Å². The Morgan fingerprint density at radius 1 is 0.966 bits per heavy atom. The van der Waals surface area contributed by atoms with Gasteiger partial charge in [0.05, 0.1) is 6.20 Å². The second kappa shape index (κ2) is 8.46. The van der Waals surface area contributed by atoms with E-state index in [2.05, 4.69) is 25.1 Å². The summed E-state index contributed by atoms with van der Waals surface area (Å²) in [7, 11) is 0. The molecule has 0 spiro atoms. The van der Waals surface area contributed by atoms with Crippen LogP contribution in [-0.2, 0) is 4.79 Å². The summed E-state index contributed by atoms with van der Waals surface area (Å²) in [6.07, 6.45) is 6.31. The lowest BCUT2D eigenvalue weighted by molar-refractivity contribution is -0.119. The first kappa shape index (κ1) is 19.2. The number of piperidine rings is 2. The molecule has 2 aromatic rings. The third-order valence-corrected chi connectivity index (χ3v) is 5.49. The third kappa shape index (κ3) is 4.47. The molecule has 2 aliphatic heterocycles. The highest BCUT2D eigenvalue weighted by Gasteiger charge is 2.19. The van der Waals surface area contributed by atoms with Gasteiger partial charge in [-0.2, -0.15) is 0 Å². The number of Topliss-reactive ketones (excluding diaryl/α,β-unsaturated/α-hetero) is 1. The van der Waals surface area contributed by atoms with E-state index in [0.717, 1.165) is 56.2 Å². The van der Waals surface area contributed by atoms with Crippen LogP contribution >= 0.6 is 0 Å². The standard InChI is InChI=1S/C21H26N6O2/c22-20(29)19-21(25-18(14-23-19)27-10-2-1-3-11-27)24-15-4-6-16(7-5-15)26-12-8-17(28)9-13-26/h4-7,14H,1-3,8-13H2,(H2,22,29)(H,24,25). The van der Waals surface area contributed by atoms with Crippen molar-refractivity contribution in [1.29, 1.82) is 0 Å². The smallest absolute Gasteiger partial charge is 0.271 e. The first-order chi connectivity index (χ1) is 14.1. The lowest BCUT2D eigenvalue weighted by Gasteiger charge is -2.28. The van der Waals surface area contributed by atoms with Gasteiger partial charge in [-0.25, -0.2) is 9.97 Å². The average molecular weight is 394 g/mol. The molecular formula is C21H26N6O2. The zero-order valence-corrected chi connectivity index (χ0v) is 16.4. The first-order valence-electron chi connectivity index (χ1n) is 10.2. The fourth-order valence-corrected chi connectivity index (χ4v) is 3.83. The Morgan fingerprint density at radius 3 is 2.31 bits per heavy atom. The molecule has 3 heterocycles. The number of nitrogens with zero attached hydrogens (tertiary/aromatic N) is 4. The molecule has 0 radical (unpaired) electrons. The number of amides is 1. The molecule has 3 N–H and O–H groups in total. The summed E-state index contributed by atoms with van der Waals surface area (Å²) in [5.41, 5.74) is 7.51. The highest BCUT2D eigenvalue weighted by molar-refractivity contribution is 5.96. The number of ketones is 1. The van der Waals surface area contributed by atoms with Crippen molar-refractivity contribution in [3.8, 4) is 0 Å². The zero-order chi connectivity index (χ0) is 20.2. The molecule has 0 unspecified atom stereocenters. The summed E-state index contributed by atoms with van der Waals surface area (Å²) < 4.78 is 0. The van der Waals surface area contributed by atoms with Gasteiger partial charge in [0.1, 0.15) is 11.6 Å². The molecule has 152 valence electrons. The van der Waals surface area contributed by atoms with Crippen molar-refractivity contribution in [1.82, 2.24) is 9.97 Å². The van der Waals surface area contributed by atoms with Gasteiger partial charge >= 0.3 is 0 Å². The Morgan fingerprint density at radius 2 is 1.66 bits per heavy atom. The van der Waals surface area contributed by atoms with Crippen LogP contribution in [0.15, 0.2) is 30.5 Å². The molecule has 0 atom stereocenters. The van der Waals surface area contributed by atoms with Crippen LogP contribution in [-0.4, -0.2) is 47.8 Å². The highest BCUT2D eigenvalue weighted by Crippen LogP contribution is 2.25.